The second-order valence-electron chi connectivity index (χ2n) is 0.761. The maximum atomic E-state index is 3.46. The Bertz CT molecular complexity index is 45.6. The topological polar surface area (TPSA) is 0 Å². The van der Waals surface area contributed by atoms with E-state index in [-0.39, 0.29) is 0 Å². The van der Waals surface area contributed by atoms with Crippen LogP contribution >= 0.6 is 0 Å². The average molecular weight is 59.3 g/mol. The van der Waals surface area contributed by atoms with Gasteiger partial charge in [-0.3, -0.25) is 0 Å². The Morgan fingerprint density at radius 3 is 2.20 bits per heavy atom. The molecule has 0 spiro atoms. The molecule has 0 fully saturated rings. The summed E-state index contributed by atoms with van der Waals surface area (Å²) in [7, 11) is 3.46. The summed E-state index contributed by atoms with van der Waals surface area (Å²) in [5.74, 6) is 0. The van der Waals surface area contributed by atoms with Crippen LogP contribution in [0.15, 0.2) is 0 Å². The van der Waals surface area contributed by atoms with E-state index in [2.05, 4.69) is 7.37 Å². The van der Waals surface area contributed by atoms with E-state index in [1.54, 1.807) is 6.69 Å². The molecule has 0 aromatic carbocycles. The standard InChI is InChI=1S/CH4B4/c1-3-5-4-2/h2H,1H3. The molecule has 0 atom stereocenters. The first-order valence-electron chi connectivity index (χ1n) is 1.65. The molecule has 0 N–H and O–H groups in total. The van der Waals surface area contributed by atoms with E-state index in [0.717, 1.165) is 0 Å². The Morgan fingerprint density at radius 1 is 1.60 bits per heavy atom. The summed E-state index contributed by atoms with van der Waals surface area (Å²) < 4.78 is 0. The molecule has 0 unspecified atom stereocenters. The second-order valence-corrected chi connectivity index (χ2v) is 0.761. The minimum absolute atomic E-state index is 1.75. The third-order valence-corrected chi connectivity index (χ3v) is 0.329. The normalized spacial score (nSPS) is 4.80. The van der Waals surface area contributed by atoms with Gasteiger partial charge in [-0.2, -0.15) is 0 Å². The van der Waals surface area contributed by atoms with Gasteiger partial charge in [0, 0.05) is 0 Å². The number of hydrogen-bond donors (Lipinski definition) is 0. The van der Waals surface area contributed by atoms with Gasteiger partial charge in [-0.05, 0) is 0 Å². The molecular formula is CH4B4. The SMILES string of the molecule is B=BB=BC. The summed E-state index contributed by atoms with van der Waals surface area (Å²) in [6.45, 7) is 7.54. The molecular weight excluding hydrogens is 55.3 g/mol. The van der Waals surface area contributed by atoms with E-state index in [1.165, 1.54) is 0 Å². The second kappa shape index (κ2) is 4.26. The van der Waals surface area contributed by atoms with Gasteiger partial charge >= 0.3 is 34.4 Å². The van der Waals surface area contributed by atoms with E-state index in [9.17, 15) is 0 Å². The van der Waals surface area contributed by atoms with E-state index < -0.39 is 0 Å². The molecule has 0 heterocycles. The summed E-state index contributed by atoms with van der Waals surface area (Å²) in [4.78, 5) is 0. The molecule has 0 saturated heterocycles. The minimum atomic E-state index is 1.75. The van der Waals surface area contributed by atoms with Gasteiger partial charge in [0.05, 0.1) is 0 Å². The predicted octanol–water partition coefficient (Wildman–Crippen LogP) is -1.21. The first-order chi connectivity index (χ1) is 2.41. The van der Waals surface area contributed by atoms with Crippen LogP contribution in [-0.4, -0.2) is 27.6 Å². The Kier molecular flexibility index (Phi) is 4.48. The Morgan fingerprint density at radius 2 is 2.20 bits per heavy atom. The molecule has 0 aliphatic heterocycles. The summed E-state index contributed by atoms with van der Waals surface area (Å²) in [5, 5.41) is 0. The van der Waals surface area contributed by atoms with Crippen LogP contribution in [0.1, 0.15) is 0 Å². The van der Waals surface area contributed by atoms with Gasteiger partial charge in [0.1, 0.15) is 0 Å². The predicted molar refractivity (Wildman–Crippen MR) is 30.3 cm³/mol. The zero-order chi connectivity index (χ0) is 4.12. The first-order valence-corrected chi connectivity index (χ1v) is 1.65. The van der Waals surface area contributed by atoms with Gasteiger partial charge in [0.25, 0.3) is 0 Å². The molecule has 4 heteroatoms. The number of hydrogen-bond acceptors (Lipinski definition) is 0. The van der Waals surface area contributed by atoms with Crippen molar-refractivity contribution in [1.82, 2.24) is 0 Å². The first kappa shape index (κ1) is 5.26. The van der Waals surface area contributed by atoms with Crippen LogP contribution in [0.5, 0.6) is 0 Å². The van der Waals surface area contributed by atoms with Crippen LogP contribution in [0, 0.1) is 0 Å². The fourth-order valence-electron chi connectivity index (χ4n) is 0.136. The Hall–Kier alpha value is 0.260. The molecule has 0 aromatic heterocycles. The monoisotopic (exact) mass is 60.1 g/mol. The van der Waals surface area contributed by atoms with Crippen molar-refractivity contribution in [2.75, 3.05) is 0 Å². The summed E-state index contributed by atoms with van der Waals surface area (Å²) >= 11 is 0. The molecule has 5 heavy (non-hydrogen) atoms. The maximum absolute atomic E-state index is 3.46. The molecule has 0 aromatic rings. The third kappa shape index (κ3) is 4.26. The molecule has 20 valence electrons. The van der Waals surface area contributed by atoms with Crippen molar-refractivity contribution in [3.8, 4) is 0 Å². The molecule has 0 nitrogen and oxygen atoms in total. The zero-order valence-electron chi connectivity index (χ0n) is 3.44. The van der Waals surface area contributed by atoms with Crippen LogP contribution in [0.4, 0.5) is 0 Å². The fourth-order valence-corrected chi connectivity index (χ4v) is 0.136. The van der Waals surface area contributed by atoms with Crippen molar-refractivity contribution in [3.05, 3.63) is 0 Å². The van der Waals surface area contributed by atoms with Crippen LogP contribution in [-0.2, 0) is 0 Å². The van der Waals surface area contributed by atoms with E-state index in [4.69, 9.17) is 0 Å². The van der Waals surface area contributed by atoms with Crippen molar-refractivity contribution in [1.29, 1.82) is 0 Å². The fraction of sp³-hybridized carbons (Fsp3) is 1.00. The van der Waals surface area contributed by atoms with E-state index >= 15 is 0 Å². The van der Waals surface area contributed by atoms with Crippen LogP contribution < -0.4 is 0 Å². The van der Waals surface area contributed by atoms with Crippen molar-refractivity contribution < 1.29 is 0 Å². The molecule has 0 aliphatic rings. The van der Waals surface area contributed by atoms with Gasteiger partial charge < -0.3 is 0 Å². The third-order valence-electron chi connectivity index (χ3n) is 0.329. The molecule has 0 rings (SSSR count). The van der Waals surface area contributed by atoms with E-state index in [0.29, 0.717) is 0 Å². The molecule has 0 aliphatic carbocycles. The van der Waals surface area contributed by atoms with Gasteiger partial charge in [-0.15, -0.1) is 0 Å². The average Bonchev–Trinajstić information content (AvgIpc) is 1.41. The van der Waals surface area contributed by atoms with Gasteiger partial charge in [-0.1, -0.05) is 0 Å². The van der Waals surface area contributed by atoms with Gasteiger partial charge in [-0.25, -0.2) is 0 Å². The van der Waals surface area contributed by atoms with Crippen LogP contribution in [0.25, 0.3) is 0 Å². The van der Waals surface area contributed by atoms with Crippen molar-refractivity contribution in [2.24, 2.45) is 0 Å². The number of rotatable bonds is 1. The van der Waals surface area contributed by atoms with Crippen molar-refractivity contribution in [2.45, 2.75) is 6.82 Å². The van der Waals surface area contributed by atoms with Crippen LogP contribution in [0.2, 0.25) is 6.82 Å². The molecule has 0 saturated carbocycles. The summed E-state index contributed by atoms with van der Waals surface area (Å²) in [5.41, 5.74) is 0. The van der Waals surface area contributed by atoms with E-state index in [1.807, 2.05) is 20.3 Å². The summed E-state index contributed by atoms with van der Waals surface area (Å²) in [6.07, 6.45) is 0. The van der Waals surface area contributed by atoms with Crippen molar-refractivity contribution >= 4 is 27.6 Å². The molecule has 0 bridgehead atoms. The van der Waals surface area contributed by atoms with Crippen molar-refractivity contribution in [3.63, 3.8) is 0 Å². The summed E-state index contributed by atoms with van der Waals surface area (Å²) in [6, 6.07) is 0. The van der Waals surface area contributed by atoms with Gasteiger partial charge in [0.15, 0.2) is 0 Å². The van der Waals surface area contributed by atoms with Crippen LogP contribution in [0.3, 0.4) is 0 Å². The Balaban J connectivity index is 2.92. The quantitative estimate of drug-likeness (QED) is 0.333. The molecule has 0 amide bonds. The Labute approximate surface area is 35.3 Å². The zero-order valence-corrected chi connectivity index (χ0v) is 3.44. The van der Waals surface area contributed by atoms with Gasteiger partial charge in [0.2, 0.25) is 0 Å². The molecule has 0 radical (unpaired) electrons.